The van der Waals surface area contributed by atoms with Crippen LogP contribution in [0.2, 0.25) is 0 Å². The van der Waals surface area contributed by atoms with Crippen molar-refractivity contribution in [1.82, 2.24) is 14.5 Å². The van der Waals surface area contributed by atoms with Crippen LogP contribution in [0.3, 0.4) is 0 Å². The smallest absolute Gasteiger partial charge is 0.149 e. The molecule has 0 saturated carbocycles. The molecule has 348 valence electrons. The van der Waals surface area contributed by atoms with Crippen LogP contribution in [0.1, 0.15) is 105 Å². The zero-order valence-electron chi connectivity index (χ0n) is 42.3. The molecule has 0 aliphatic rings. The summed E-state index contributed by atoms with van der Waals surface area (Å²) in [5, 5.41) is 12.6. The molecule has 2 aromatic heterocycles. The molecule has 0 atom stereocenters. The van der Waals surface area contributed by atoms with Gasteiger partial charge in [-0.2, -0.15) is 0 Å². The van der Waals surface area contributed by atoms with Gasteiger partial charge in [0.1, 0.15) is 17.4 Å². The van der Waals surface area contributed by atoms with Gasteiger partial charge in [0, 0.05) is 34.0 Å². The fourth-order valence-corrected chi connectivity index (χ4v) is 9.28. The predicted molar refractivity (Wildman–Crippen MR) is 288 cm³/mol. The van der Waals surface area contributed by atoms with Crippen LogP contribution < -0.4 is 0 Å². The Morgan fingerprint density at radius 3 is 1.70 bits per heavy atom. The van der Waals surface area contributed by atoms with E-state index in [1.54, 1.807) is 6.07 Å². The first-order valence-electron chi connectivity index (χ1n) is 24.1. The molecule has 1 N–H and O–H groups in total. The number of pyridine rings is 1. The minimum Gasteiger partial charge on any atom is -0.507 e. The number of rotatable bonds is 7. The summed E-state index contributed by atoms with van der Waals surface area (Å²) in [4.78, 5) is 10.7. The second kappa shape index (κ2) is 17.4. The number of phenols is 1. The van der Waals surface area contributed by atoms with Gasteiger partial charge in [-0.3, -0.25) is 9.55 Å². The van der Waals surface area contributed by atoms with Crippen molar-refractivity contribution < 1.29 is 9.50 Å². The Morgan fingerprint density at radius 1 is 0.435 bits per heavy atom. The van der Waals surface area contributed by atoms with Crippen LogP contribution in [0.4, 0.5) is 4.39 Å². The lowest BCUT2D eigenvalue weighted by Crippen LogP contribution is -2.17. The molecule has 69 heavy (non-hydrogen) atoms. The van der Waals surface area contributed by atoms with Crippen molar-refractivity contribution in [3.63, 3.8) is 0 Å². The summed E-state index contributed by atoms with van der Waals surface area (Å²) >= 11 is 0. The number of phenolic OH excluding ortho intramolecular Hbond substituents is 1. The Bertz CT molecular complexity index is 3370. The summed E-state index contributed by atoms with van der Waals surface area (Å²) in [6, 6.07) is 54.1. The lowest BCUT2D eigenvalue weighted by Gasteiger charge is -2.28. The molecule has 0 amide bonds. The molecule has 0 aliphatic carbocycles. The summed E-state index contributed by atoms with van der Waals surface area (Å²) in [7, 11) is 0. The Balaban J connectivity index is 1.29. The Labute approximate surface area is 408 Å². The molecule has 0 saturated heterocycles. The van der Waals surface area contributed by atoms with E-state index in [4.69, 9.17) is 9.97 Å². The molecular formula is C64H64FN3O. The quantitative estimate of drug-likeness (QED) is 0.173. The average Bonchev–Trinajstić information content (AvgIpc) is 3.70. The van der Waals surface area contributed by atoms with Crippen molar-refractivity contribution in [2.75, 3.05) is 0 Å². The first-order chi connectivity index (χ1) is 32.6. The Morgan fingerprint density at radius 2 is 1.03 bits per heavy atom. The maximum absolute atomic E-state index is 14.7. The topological polar surface area (TPSA) is 50.9 Å². The predicted octanol–water partition coefficient (Wildman–Crippen LogP) is 17.5. The highest BCUT2D eigenvalue weighted by molar-refractivity contribution is 5.98. The van der Waals surface area contributed by atoms with E-state index in [-0.39, 0.29) is 33.2 Å². The van der Waals surface area contributed by atoms with E-state index >= 15 is 0 Å². The maximum Gasteiger partial charge on any atom is 0.149 e. The second-order valence-corrected chi connectivity index (χ2v) is 22.7. The van der Waals surface area contributed by atoms with E-state index < -0.39 is 0 Å². The fourth-order valence-electron chi connectivity index (χ4n) is 9.28. The highest BCUT2D eigenvalue weighted by atomic mass is 19.1. The van der Waals surface area contributed by atoms with Crippen molar-refractivity contribution in [3.05, 3.63) is 192 Å². The van der Waals surface area contributed by atoms with Crippen molar-refractivity contribution >= 4 is 11.0 Å². The molecule has 4 nitrogen and oxygen atoms in total. The second-order valence-electron chi connectivity index (χ2n) is 22.7. The molecule has 0 aliphatic heterocycles. The number of hydrogen-bond acceptors (Lipinski definition) is 3. The van der Waals surface area contributed by atoms with E-state index in [2.05, 4.69) is 191 Å². The number of aromatic nitrogens is 3. The zero-order valence-corrected chi connectivity index (χ0v) is 42.3. The number of para-hydroxylation sites is 1. The summed E-state index contributed by atoms with van der Waals surface area (Å²) in [5.74, 6) is 0.680. The maximum atomic E-state index is 14.7. The lowest BCUT2D eigenvalue weighted by atomic mass is 9.79. The number of fused-ring (bicyclic) bond motifs is 1. The molecule has 5 heteroatoms. The van der Waals surface area contributed by atoms with Gasteiger partial charge in [-0.25, -0.2) is 9.37 Å². The van der Waals surface area contributed by atoms with Crippen molar-refractivity contribution in [3.8, 4) is 78.6 Å². The van der Waals surface area contributed by atoms with Crippen molar-refractivity contribution in [1.29, 1.82) is 0 Å². The average molecular weight is 910 g/mol. The SMILES string of the molecule is CC(C)(C)c1cc(-c2cc(-c3ccc(-c4ccccc4F)cc3)ccn2)cc(-c2cccc3c2nc(-c2cc(C(C)(C)C)cc(C(C)(C)C)c2O)n3-c2ccc(C(C)(C)C)cc2-c2ccccc2)c1. The van der Waals surface area contributed by atoms with Crippen LogP contribution in [-0.4, -0.2) is 19.6 Å². The Hall–Kier alpha value is -7.11. The summed E-state index contributed by atoms with van der Waals surface area (Å²) in [6.07, 6.45) is 1.87. The van der Waals surface area contributed by atoms with Crippen LogP contribution in [0, 0.1) is 5.82 Å². The third-order valence-corrected chi connectivity index (χ3v) is 13.5. The third kappa shape index (κ3) is 9.27. The van der Waals surface area contributed by atoms with Crippen molar-refractivity contribution in [2.24, 2.45) is 0 Å². The van der Waals surface area contributed by atoms with Gasteiger partial charge in [0.15, 0.2) is 0 Å². The fraction of sp³-hybridized carbons (Fsp3) is 0.250. The summed E-state index contributed by atoms with van der Waals surface area (Å²) in [5.41, 5.74) is 16.5. The molecule has 0 unspecified atom stereocenters. The number of aromatic hydroxyl groups is 1. The van der Waals surface area contributed by atoms with Gasteiger partial charge in [0.05, 0.1) is 28.0 Å². The number of hydrogen-bond donors (Lipinski definition) is 1. The minimum absolute atomic E-state index is 0.0894. The van der Waals surface area contributed by atoms with Crippen LogP contribution >= 0.6 is 0 Å². The molecule has 0 radical (unpaired) electrons. The van der Waals surface area contributed by atoms with Gasteiger partial charge >= 0.3 is 0 Å². The minimum atomic E-state index is -0.341. The molecule has 7 aromatic carbocycles. The number of benzene rings is 7. The van der Waals surface area contributed by atoms with Gasteiger partial charge in [-0.1, -0.05) is 186 Å². The molecule has 0 spiro atoms. The van der Waals surface area contributed by atoms with E-state index in [9.17, 15) is 9.50 Å². The van der Waals surface area contributed by atoms with Gasteiger partial charge in [-0.05, 0) is 121 Å². The number of halogens is 1. The van der Waals surface area contributed by atoms with Crippen LogP contribution in [0.25, 0.3) is 83.9 Å². The van der Waals surface area contributed by atoms with Gasteiger partial charge in [0.25, 0.3) is 0 Å². The van der Waals surface area contributed by atoms with E-state index in [0.717, 1.165) is 78.0 Å². The van der Waals surface area contributed by atoms with Gasteiger partial charge in [0.2, 0.25) is 0 Å². The normalized spacial score (nSPS) is 12.5. The molecule has 9 rings (SSSR count). The first-order valence-corrected chi connectivity index (χ1v) is 24.1. The highest BCUT2D eigenvalue weighted by Crippen LogP contribution is 2.46. The van der Waals surface area contributed by atoms with E-state index in [1.807, 2.05) is 48.7 Å². The monoisotopic (exact) mass is 910 g/mol. The van der Waals surface area contributed by atoms with Crippen molar-refractivity contribution in [2.45, 2.75) is 105 Å². The van der Waals surface area contributed by atoms with Gasteiger partial charge < -0.3 is 5.11 Å². The number of nitrogens with zero attached hydrogens (tertiary/aromatic N) is 3. The third-order valence-electron chi connectivity index (χ3n) is 13.5. The largest absolute Gasteiger partial charge is 0.507 e. The highest BCUT2D eigenvalue weighted by Gasteiger charge is 2.30. The zero-order chi connectivity index (χ0) is 49.2. The van der Waals surface area contributed by atoms with Crippen LogP contribution in [0.5, 0.6) is 5.75 Å². The van der Waals surface area contributed by atoms with Crippen LogP contribution in [-0.2, 0) is 21.7 Å². The molecular weight excluding hydrogens is 846 g/mol. The summed E-state index contributed by atoms with van der Waals surface area (Å²) < 4.78 is 17.0. The molecule has 9 aromatic rings. The lowest BCUT2D eigenvalue weighted by molar-refractivity contribution is 0.446. The van der Waals surface area contributed by atoms with E-state index in [0.29, 0.717) is 17.0 Å². The molecule has 0 fully saturated rings. The standard InChI is InChI=1S/C64H64FN3O/c1-61(2,3)46-29-30-56(51(37-46)41-19-14-13-15-20-41)68-57-24-18-22-50(58(57)67-60(68)52-38-48(63(7,8)9)39-53(59(52)69)64(10,11)12)44-33-45(35-47(34-44)62(4,5)6)55-36-43(31-32-66-55)40-25-27-42(28-26-40)49-21-16-17-23-54(49)65/h13-39,69H,1-12H3. The molecule has 0 bridgehead atoms. The van der Waals surface area contributed by atoms with Crippen LogP contribution in [0.15, 0.2) is 164 Å². The number of imidazole rings is 1. The molecule has 2 heterocycles. The van der Waals surface area contributed by atoms with Gasteiger partial charge in [-0.15, -0.1) is 0 Å². The first kappa shape index (κ1) is 47.0. The van der Waals surface area contributed by atoms with E-state index in [1.165, 1.54) is 17.2 Å². The Kier molecular flexibility index (Phi) is 11.9. The summed E-state index contributed by atoms with van der Waals surface area (Å²) in [6.45, 7) is 26.6.